The van der Waals surface area contributed by atoms with Crippen molar-refractivity contribution < 1.29 is 0 Å². The van der Waals surface area contributed by atoms with Crippen LogP contribution in [-0.4, -0.2) is 0 Å². The number of hydrogen-bond acceptors (Lipinski definition) is 0. The number of allylic oxidation sites excluding steroid dienone is 8. The Morgan fingerprint density at radius 1 is 0.429 bits per heavy atom. The van der Waals surface area contributed by atoms with Crippen LogP contribution in [-0.2, 0) is 0 Å². The molecule has 0 aromatic rings. The van der Waals surface area contributed by atoms with Gasteiger partial charge in [0.1, 0.15) is 0 Å². The van der Waals surface area contributed by atoms with Gasteiger partial charge in [-0.3, -0.25) is 0 Å². The lowest BCUT2D eigenvalue weighted by Crippen LogP contribution is -2.21. The van der Waals surface area contributed by atoms with E-state index in [1.165, 1.54) is 12.8 Å². The fourth-order valence-electron chi connectivity index (χ4n) is 4.00. The first kappa shape index (κ1) is 6.44. The molecule has 0 atom stereocenters. The van der Waals surface area contributed by atoms with Gasteiger partial charge in [0.05, 0.1) is 0 Å². The maximum Gasteiger partial charge on any atom is 0.0200 e. The van der Waals surface area contributed by atoms with Gasteiger partial charge in [0.25, 0.3) is 0 Å². The third-order valence-electron chi connectivity index (χ3n) is 5.37. The molecular formula is C14H12. The van der Waals surface area contributed by atoms with Gasteiger partial charge in [-0.1, -0.05) is 48.6 Å². The van der Waals surface area contributed by atoms with Crippen molar-refractivity contribution >= 4 is 0 Å². The zero-order chi connectivity index (χ0) is 9.07. The summed E-state index contributed by atoms with van der Waals surface area (Å²) in [6.07, 6.45) is 22.5. The normalized spacial score (nSPS) is 67.4. The zero-order valence-corrected chi connectivity index (χ0v) is 8.03. The van der Waals surface area contributed by atoms with Crippen molar-refractivity contribution in [1.82, 2.24) is 0 Å². The van der Waals surface area contributed by atoms with E-state index in [-0.39, 0.29) is 0 Å². The van der Waals surface area contributed by atoms with Crippen molar-refractivity contribution in [2.45, 2.75) is 12.8 Å². The van der Waals surface area contributed by atoms with Crippen molar-refractivity contribution in [3.63, 3.8) is 0 Å². The van der Waals surface area contributed by atoms with Gasteiger partial charge in [-0.2, -0.15) is 0 Å². The highest BCUT2D eigenvalue weighted by Gasteiger charge is 2.72. The van der Waals surface area contributed by atoms with E-state index in [9.17, 15) is 0 Å². The van der Waals surface area contributed by atoms with Gasteiger partial charge in [0.2, 0.25) is 0 Å². The topological polar surface area (TPSA) is 0 Å². The van der Waals surface area contributed by atoms with Crippen molar-refractivity contribution in [2.75, 3.05) is 0 Å². The molecule has 0 heterocycles. The highest BCUT2D eigenvalue weighted by Crippen LogP contribution is 2.80. The molecule has 0 nitrogen and oxygen atoms in total. The molecule has 0 aromatic heterocycles. The minimum Gasteiger partial charge on any atom is -0.0764 e. The highest BCUT2D eigenvalue weighted by molar-refractivity contribution is 5.58. The fraction of sp³-hybridized carbons (Fsp3) is 0.429. The van der Waals surface area contributed by atoms with Gasteiger partial charge in [0.15, 0.2) is 0 Å². The summed E-state index contributed by atoms with van der Waals surface area (Å²) < 4.78 is 0. The Kier molecular flexibility index (Phi) is 0.609. The SMILES string of the molecule is C1=CC23C=CC14CC41C=CC2(C=C1)C3. The Morgan fingerprint density at radius 2 is 0.643 bits per heavy atom. The van der Waals surface area contributed by atoms with Crippen LogP contribution in [0.2, 0.25) is 0 Å². The molecule has 0 bridgehead atoms. The van der Waals surface area contributed by atoms with E-state index in [0.29, 0.717) is 21.7 Å². The molecule has 0 radical (unpaired) electrons. The smallest absolute Gasteiger partial charge is 0.0200 e. The molecule has 68 valence electrons. The minimum absolute atomic E-state index is 0.375. The van der Waals surface area contributed by atoms with Crippen LogP contribution < -0.4 is 0 Å². The van der Waals surface area contributed by atoms with Crippen molar-refractivity contribution in [3.05, 3.63) is 48.6 Å². The van der Waals surface area contributed by atoms with Gasteiger partial charge >= 0.3 is 0 Å². The third-order valence-corrected chi connectivity index (χ3v) is 5.37. The Labute approximate surface area is 83.7 Å². The standard InChI is InChI=1S/C14H12/c1-2-12-4-3-11(1)9-13(11)5-7-14(12,10-12)8-6-13/h1-8H,9-10H2. The molecule has 14 heavy (non-hydrogen) atoms. The molecule has 4 spiro atoms. The van der Waals surface area contributed by atoms with E-state index in [2.05, 4.69) is 48.6 Å². The molecule has 0 heteroatoms. The molecule has 4 rings (SSSR count). The quantitative estimate of drug-likeness (QED) is 0.503. The molecule has 2 saturated carbocycles. The molecule has 0 saturated heterocycles. The second-order valence-corrected chi connectivity index (χ2v) is 5.85. The number of hydrogen-bond donors (Lipinski definition) is 0. The van der Waals surface area contributed by atoms with E-state index in [1.54, 1.807) is 0 Å². The number of rotatable bonds is 0. The molecule has 4 aliphatic rings. The lowest BCUT2D eigenvalue weighted by molar-refractivity contribution is 0.549. The average molecular weight is 180 g/mol. The molecule has 0 aromatic carbocycles. The molecule has 4 aliphatic carbocycles. The minimum atomic E-state index is 0.375. The average Bonchev–Trinajstić information content (AvgIpc) is 2.98. The zero-order valence-electron chi connectivity index (χ0n) is 8.03. The van der Waals surface area contributed by atoms with E-state index in [1.807, 2.05) is 0 Å². The first-order valence-corrected chi connectivity index (χ1v) is 5.56. The second-order valence-electron chi connectivity index (χ2n) is 5.85. The Bertz CT molecular complexity index is 370. The Morgan fingerprint density at radius 3 is 0.857 bits per heavy atom. The van der Waals surface area contributed by atoms with E-state index >= 15 is 0 Å². The van der Waals surface area contributed by atoms with Crippen LogP contribution >= 0.6 is 0 Å². The van der Waals surface area contributed by atoms with Crippen LogP contribution in [0.15, 0.2) is 48.6 Å². The maximum atomic E-state index is 2.49. The van der Waals surface area contributed by atoms with Gasteiger partial charge in [-0.25, -0.2) is 0 Å². The van der Waals surface area contributed by atoms with Gasteiger partial charge in [-0.15, -0.1) is 0 Å². The first-order valence-electron chi connectivity index (χ1n) is 5.56. The molecule has 0 unspecified atom stereocenters. The van der Waals surface area contributed by atoms with Crippen LogP contribution in [0.5, 0.6) is 0 Å². The predicted octanol–water partition coefficient (Wildman–Crippen LogP) is 3.01. The summed E-state index contributed by atoms with van der Waals surface area (Å²) >= 11 is 0. The lowest BCUT2D eigenvalue weighted by Gasteiger charge is -2.30. The van der Waals surface area contributed by atoms with E-state index in [0.717, 1.165) is 0 Å². The van der Waals surface area contributed by atoms with Crippen LogP contribution in [0.3, 0.4) is 0 Å². The van der Waals surface area contributed by atoms with Crippen molar-refractivity contribution in [3.8, 4) is 0 Å². The van der Waals surface area contributed by atoms with Crippen molar-refractivity contribution in [1.29, 1.82) is 0 Å². The van der Waals surface area contributed by atoms with Crippen LogP contribution in [0.4, 0.5) is 0 Å². The van der Waals surface area contributed by atoms with E-state index in [4.69, 9.17) is 0 Å². The maximum absolute atomic E-state index is 2.49. The lowest BCUT2D eigenvalue weighted by atomic mass is 9.74. The molecule has 0 amide bonds. The summed E-state index contributed by atoms with van der Waals surface area (Å²) in [6, 6.07) is 0. The van der Waals surface area contributed by atoms with Crippen LogP contribution in [0.1, 0.15) is 12.8 Å². The molecular weight excluding hydrogens is 168 g/mol. The summed E-state index contributed by atoms with van der Waals surface area (Å²) in [7, 11) is 0. The summed E-state index contributed by atoms with van der Waals surface area (Å²) in [6.45, 7) is 0. The van der Waals surface area contributed by atoms with Gasteiger partial charge in [0, 0.05) is 21.7 Å². The highest BCUT2D eigenvalue weighted by atomic mass is 14.7. The van der Waals surface area contributed by atoms with Gasteiger partial charge in [-0.05, 0) is 12.8 Å². The summed E-state index contributed by atoms with van der Waals surface area (Å²) in [4.78, 5) is 0. The largest absolute Gasteiger partial charge is 0.0764 e. The summed E-state index contributed by atoms with van der Waals surface area (Å²) in [5.74, 6) is 0. The Balaban J connectivity index is 1.94. The monoisotopic (exact) mass is 180 g/mol. The summed E-state index contributed by atoms with van der Waals surface area (Å²) in [5.41, 5.74) is 1.50. The second kappa shape index (κ2) is 1.32. The third kappa shape index (κ3) is 0.388. The molecule has 0 aliphatic heterocycles. The molecule has 0 N–H and O–H groups in total. The first-order chi connectivity index (χ1) is 6.74. The fourth-order valence-corrected chi connectivity index (χ4v) is 4.00. The Hall–Kier alpha value is -1.04. The van der Waals surface area contributed by atoms with Gasteiger partial charge < -0.3 is 0 Å². The van der Waals surface area contributed by atoms with Crippen molar-refractivity contribution in [2.24, 2.45) is 21.7 Å². The number of fused-ring (bicyclic) bond motifs is 2. The molecule has 2 fully saturated rings. The summed E-state index contributed by atoms with van der Waals surface area (Å²) in [5, 5.41) is 0. The van der Waals surface area contributed by atoms with Crippen LogP contribution in [0, 0.1) is 21.7 Å². The predicted molar refractivity (Wildman–Crippen MR) is 55.5 cm³/mol. The van der Waals surface area contributed by atoms with E-state index < -0.39 is 0 Å². The van der Waals surface area contributed by atoms with Crippen LogP contribution in [0.25, 0.3) is 0 Å².